The van der Waals surface area contributed by atoms with E-state index in [0.29, 0.717) is 12.5 Å². The van der Waals surface area contributed by atoms with Crippen LogP contribution in [0.25, 0.3) is 0 Å². The van der Waals surface area contributed by atoms with E-state index in [0.717, 1.165) is 0 Å². The molecular formula is C10H21N3O2. The van der Waals surface area contributed by atoms with Gasteiger partial charge in [0.1, 0.15) is 0 Å². The number of methoxy groups -OCH3 is 1. The van der Waals surface area contributed by atoms with Crippen LogP contribution < -0.4 is 5.32 Å². The van der Waals surface area contributed by atoms with Gasteiger partial charge in [0.05, 0.1) is 11.9 Å². The molecule has 2 N–H and O–H groups in total. The van der Waals surface area contributed by atoms with Crippen molar-refractivity contribution in [3.8, 4) is 0 Å². The SMILES string of the molecule is CC(=N)NC=O.COC1CCN(C)CC1. The number of carbonyl (C=O) groups excluding carboxylic acids is 1. The third-order valence-electron chi connectivity index (χ3n) is 2.27. The van der Waals surface area contributed by atoms with Crippen molar-refractivity contribution in [2.75, 3.05) is 27.2 Å². The highest BCUT2D eigenvalue weighted by Gasteiger charge is 2.14. The van der Waals surface area contributed by atoms with E-state index in [1.807, 2.05) is 0 Å². The van der Waals surface area contributed by atoms with E-state index in [9.17, 15) is 4.79 Å². The molecule has 0 aromatic heterocycles. The summed E-state index contributed by atoms with van der Waals surface area (Å²) in [6.45, 7) is 3.88. The average Bonchev–Trinajstić information content (AvgIpc) is 2.20. The molecule has 1 saturated heterocycles. The van der Waals surface area contributed by atoms with Gasteiger partial charge >= 0.3 is 0 Å². The first-order valence-corrected chi connectivity index (χ1v) is 5.06. The van der Waals surface area contributed by atoms with E-state index in [-0.39, 0.29) is 5.84 Å². The van der Waals surface area contributed by atoms with Gasteiger partial charge in [-0.05, 0) is 26.8 Å². The summed E-state index contributed by atoms with van der Waals surface area (Å²) in [4.78, 5) is 11.7. The summed E-state index contributed by atoms with van der Waals surface area (Å²) in [5.41, 5.74) is 0. The van der Waals surface area contributed by atoms with E-state index in [4.69, 9.17) is 10.1 Å². The van der Waals surface area contributed by atoms with Crippen LogP contribution in [0.3, 0.4) is 0 Å². The summed E-state index contributed by atoms with van der Waals surface area (Å²) in [5, 5.41) is 8.66. The highest BCUT2D eigenvalue weighted by Crippen LogP contribution is 2.10. The fourth-order valence-electron chi connectivity index (χ4n) is 1.31. The molecule has 0 spiro atoms. The first-order chi connectivity index (χ1) is 7.10. The number of piperidine rings is 1. The van der Waals surface area contributed by atoms with Gasteiger partial charge in [0.25, 0.3) is 0 Å². The molecule has 0 saturated carbocycles. The summed E-state index contributed by atoms with van der Waals surface area (Å²) in [5.74, 6) is 0.171. The van der Waals surface area contributed by atoms with Crippen LogP contribution in [0.2, 0.25) is 0 Å². The predicted octanol–water partition coefficient (Wildman–Crippen LogP) is 0.457. The second-order valence-electron chi connectivity index (χ2n) is 3.63. The predicted molar refractivity (Wildman–Crippen MR) is 60.1 cm³/mol. The summed E-state index contributed by atoms with van der Waals surface area (Å²) in [7, 11) is 3.96. The smallest absolute Gasteiger partial charge is 0.212 e. The minimum Gasteiger partial charge on any atom is -0.381 e. The molecule has 1 fully saturated rings. The van der Waals surface area contributed by atoms with Gasteiger partial charge in [-0.2, -0.15) is 0 Å². The Morgan fingerprint density at radius 1 is 1.53 bits per heavy atom. The molecule has 1 aliphatic heterocycles. The zero-order valence-corrected chi connectivity index (χ0v) is 9.75. The number of carbonyl (C=O) groups is 1. The molecule has 1 rings (SSSR count). The lowest BCUT2D eigenvalue weighted by molar-refractivity contribution is -0.108. The molecule has 0 aromatic carbocycles. The van der Waals surface area contributed by atoms with Crippen molar-refractivity contribution in [1.82, 2.24) is 10.2 Å². The maximum atomic E-state index is 9.36. The largest absolute Gasteiger partial charge is 0.381 e. The first kappa shape index (κ1) is 14.1. The third-order valence-corrected chi connectivity index (χ3v) is 2.27. The second kappa shape index (κ2) is 8.38. The van der Waals surface area contributed by atoms with E-state index < -0.39 is 0 Å². The van der Waals surface area contributed by atoms with Crippen LogP contribution >= 0.6 is 0 Å². The number of amidine groups is 1. The topological polar surface area (TPSA) is 65.4 Å². The number of amides is 1. The summed E-state index contributed by atoms with van der Waals surface area (Å²) >= 11 is 0. The van der Waals surface area contributed by atoms with Crippen molar-refractivity contribution >= 4 is 12.2 Å². The Morgan fingerprint density at radius 3 is 2.33 bits per heavy atom. The molecule has 0 aliphatic carbocycles. The Hall–Kier alpha value is -0.940. The zero-order valence-electron chi connectivity index (χ0n) is 9.75. The number of nitrogens with zero attached hydrogens (tertiary/aromatic N) is 1. The van der Waals surface area contributed by atoms with Gasteiger partial charge in [0, 0.05) is 20.2 Å². The van der Waals surface area contributed by atoms with Crippen LogP contribution in [-0.2, 0) is 9.53 Å². The number of hydrogen-bond donors (Lipinski definition) is 2. The Labute approximate surface area is 91.3 Å². The van der Waals surface area contributed by atoms with Crippen molar-refractivity contribution in [3.63, 3.8) is 0 Å². The van der Waals surface area contributed by atoms with Crippen molar-refractivity contribution in [2.45, 2.75) is 25.9 Å². The Kier molecular flexibility index (Phi) is 7.85. The molecule has 5 nitrogen and oxygen atoms in total. The third kappa shape index (κ3) is 8.08. The molecule has 1 amide bonds. The Bertz CT molecular complexity index is 189. The van der Waals surface area contributed by atoms with Crippen molar-refractivity contribution in [3.05, 3.63) is 0 Å². The van der Waals surface area contributed by atoms with Gasteiger partial charge in [0.2, 0.25) is 6.41 Å². The molecular weight excluding hydrogens is 194 g/mol. The average molecular weight is 215 g/mol. The van der Waals surface area contributed by atoms with Crippen molar-refractivity contribution in [1.29, 1.82) is 5.41 Å². The zero-order chi connectivity index (χ0) is 11.7. The Morgan fingerprint density at radius 2 is 2.07 bits per heavy atom. The number of likely N-dealkylation sites (tertiary alicyclic amines) is 1. The Balaban J connectivity index is 0.000000288. The molecule has 0 aromatic rings. The summed E-state index contributed by atoms with van der Waals surface area (Å²) in [6.07, 6.45) is 3.41. The minimum absolute atomic E-state index is 0.171. The molecule has 1 aliphatic rings. The lowest BCUT2D eigenvalue weighted by Gasteiger charge is -2.27. The molecule has 15 heavy (non-hydrogen) atoms. The second-order valence-corrected chi connectivity index (χ2v) is 3.63. The summed E-state index contributed by atoms with van der Waals surface area (Å²) in [6, 6.07) is 0. The van der Waals surface area contributed by atoms with Crippen LogP contribution in [0.15, 0.2) is 0 Å². The fourth-order valence-corrected chi connectivity index (χ4v) is 1.31. The van der Waals surface area contributed by atoms with Gasteiger partial charge in [-0.3, -0.25) is 10.2 Å². The lowest BCUT2D eigenvalue weighted by atomic mass is 10.1. The quantitative estimate of drug-likeness (QED) is 0.399. The highest BCUT2D eigenvalue weighted by atomic mass is 16.5. The van der Waals surface area contributed by atoms with Gasteiger partial charge in [0.15, 0.2) is 0 Å². The molecule has 0 atom stereocenters. The van der Waals surface area contributed by atoms with Crippen LogP contribution in [0.1, 0.15) is 19.8 Å². The lowest BCUT2D eigenvalue weighted by Crippen LogP contribution is -2.33. The molecule has 0 bridgehead atoms. The van der Waals surface area contributed by atoms with E-state index in [1.54, 1.807) is 7.11 Å². The van der Waals surface area contributed by atoms with Crippen LogP contribution in [0, 0.1) is 5.41 Å². The first-order valence-electron chi connectivity index (χ1n) is 5.06. The normalized spacial score (nSPS) is 17.5. The monoisotopic (exact) mass is 215 g/mol. The van der Waals surface area contributed by atoms with E-state index in [2.05, 4.69) is 17.3 Å². The maximum absolute atomic E-state index is 9.36. The molecule has 5 heteroatoms. The highest BCUT2D eigenvalue weighted by molar-refractivity contribution is 5.85. The van der Waals surface area contributed by atoms with Gasteiger partial charge in [-0.1, -0.05) is 0 Å². The van der Waals surface area contributed by atoms with E-state index >= 15 is 0 Å². The molecule has 0 unspecified atom stereocenters. The van der Waals surface area contributed by atoms with Crippen molar-refractivity contribution < 1.29 is 9.53 Å². The van der Waals surface area contributed by atoms with Gasteiger partial charge < -0.3 is 15.0 Å². The maximum Gasteiger partial charge on any atom is 0.212 e. The van der Waals surface area contributed by atoms with Crippen LogP contribution in [0.4, 0.5) is 0 Å². The molecule has 88 valence electrons. The van der Waals surface area contributed by atoms with Gasteiger partial charge in [-0.15, -0.1) is 0 Å². The fraction of sp³-hybridized carbons (Fsp3) is 0.800. The minimum atomic E-state index is 0.171. The molecule has 1 heterocycles. The standard InChI is InChI=1S/C7H15NO.C3H6N2O/c1-8-5-3-7(9-2)4-6-8;1-3(4)5-2-6/h7H,3-6H2,1-2H3;2H,1H3,(H2,4,5,6). The number of hydrogen-bond acceptors (Lipinski definition) is 4. The van der Waals surface area contributed by atoms with Gasteiger partial charge in [-0.25, -0.2) is 0 Å². The summed E-state index contributed by atoms with van der Waals surface area (Å²) < 4.78 is 5.21. The van der Waals surface area contributed by atoms with Crippen LogP contribution in [0.5, 0.6) is 0 Å². The number of rotatable bonds is 2. The van der Waals surface area contributed by atoms with E-state index in [1.165, 1.54) is 32.9 Å². The van der Waals surface area contributed by atoms with Crippen LogP contribution in [-0.4, -0.2) is 50.5 Å². The number of nitrogens with one attached hydrogen (secondary N) is 2. The number of ether oxygens (including phenoxy) is 1. The molecule has 0 radical (unpaired) electrons. The van der Waals surface area contributed by atoms with Crippen molar-refractivity contribution in [2.24, 2.45) is 0 Å².